The van der Waals surface area contributed by atoms with Crippen LogP contribution in [0.15, 0.2) is 18.2 Å². The number of carbonyl (C=O) groups is 1. The molecular formula is C21H28F3N5O4S. The Hall–Kier alpha value is -2.93. The van der Waals surface area contributed by atoms with E-state index in [1.165, 1.54) is 0 Å². The molecule has 3 rings (SSSR count). The van der Waals surface area contributed by atoms with E-state index >= 15 is 0 Å². The van der Waals surface area contributed by atoms with E-state index in [4.69, 9.17) is 4.55 Å². The average Bonchev–Trinajstić information content (AvgIpc) is 2.71. The molecule has 9 nitrogen and oxygen atoms in total. The first-order valence-electron chi connectivity index (χ1n) is 10.4. The lowest BCUT2D eigenvalue weighted by Gasteiger charge is -2.30. The number of carbonyl (C=O) groups excluding carboxylic acids is 1. The van der Waals surface area contributed by atoms with Gasteiger partial charge in [0.15, 0.2) is 17.5 Å². The van der Waals surface area contributed by atoms with Crippen LogP contribution in [0.5, 0.6) is 0 Å². The lowest BCUT2D eigenvalue weighted by Crippen LogP contribution is -2.40. The van der Waals surface area contributed by atoms with Crippen LogP contribution >= 0.6 is 0 Å². The van der Waals surface area contributed by atoms with E-state index in [1.807, 2.05) is 32.0 Å². The van der Waals surface area contributed by atoms with Gasteiger partial charge in [-0.1, -0.05) is 0 Å². The van der Waals surface area contributed by atoms with Gasteiger partial charge in [0.25, 0.3) is 16.0 Å². The summed E-state index contributed by atoms with van der Waals surface area (Å²) in [6, 6.07) is 3.40. The van der Waals surface area contributed by atoms with Gasteiger partial charge in [0.05, 0.1) is 6.26 Å². The molecule has 2 aromatic rings. The number of nitrogens with one attached hydrogen (secondary N) is 2. The Bertz CT molecular complexity index is 1090. The highest BCUT2D eigenvalue weighted by atomic mass is 32.2. The van der Waals surface area contributed by atoms with Crippen molar-refractivity contribution in [3.8, 4) is 0 Å². The maximum atomic E-state index is 13.3. The Morgan fingerprint density at radius 3 is 2.03 bits per heavy atom. The second-order valence-corrected chi connectivity index (χ2v) is 9.67. The molecule has 34 heavy (non-hydrogen) atoms. The van der Waals surface area contributed by atoms with Crippen LogP contribution in [-0.2, 0) is 10.1 Å². The van der Waals surface area contributed by atoms with Crippen molar-refractivity contribution in [1.82, 2.24) is 15.3 Å². The molecule has 1 heterocycles. The van der Waals surface area contributed by atoms with Crippen LogP contribution in [0.3, 0.4) is 0 Å². The lowest BCUT2D eigenvalue weighted by atomic mass is 9.91. The van der Waals surface area contributed by atoms with Crippen molar-refractivity contribution in [2.24, 2.45) is 0 Å². The Morgan fingerprint density at radius 1 is 1.03 bits per heavy atom. The van der Waals surface area contributed by atoms with E-state index in [0.717, 1.165) is 24.5 Å². The molecule has 13 heteroatoms. The van der Waals surface area contributed by atoms with E-state index in [9.17, 15) is 26.4 Å². The first-order chi connectivity index (χ1) is 15.7. The smallest absolute Gasteiger partial charge is 0.261 e. The van der Waals surface area contributed by atoms with Crippen molar-refractivity contribution in [3.63, 3.8) is 0 Å². The second-order valence-electron chi connectivity index (χ2n) is 8.21. The van der Waals surface area contributed by atoms with Crippen molar-refractivity contribution < 1.29 is 30.9 Å². The number of amides is 1. The van der Waals surface area contributed by atoms with Gasteiger partial charge in [0.2, 0.25) is 0 Å². The number of aromatic nitrogens is 2. The molecule has 1 aliphatic rings. The summed E-state index contributed by atoms with van der Waals surface area (Å²) in [5, 5.41) is 6.18. The molecule has 0 saturated heterocycles. The Balaban J connectivity index is 0.000000739. The molecule has 0 spiro atoms. The number of benzene rings is 1. The number of nitrogens with zero attached hydrogens (tertiary/aromatic N) is 3. The number of anilines is 2. The SMILES string of the molecule is CS(=O)(=O)O.Cc1nc(NC2CCC(NC(=O)c3cc(F)c(F)c(F)c3)CC2)cc(N(C)C)n1. The molecule has 3 N–H and O–H groups in total. The highest BCUT2D eigenvalue weighted by Gasteiger charge is 2.24. The summed E-state index contributed by atoms with van der Waals surface area (Å²) < 4.78 is 65.6. The van der Waals surface area contributed by atoms with Crippen molar-refractivity contribution in [2.45, 2.75) is 44.7 Å². The van der Waals surface area contributed by atoms with Gasteiger partial charge in [0, 0.05) is 37.8 Å². The first-order valence-corrected chi connectivity index (χ1v) is 12.2. The van der Waals surface area contributed by atoms with Crippen molar-refractivity contribution in [3.05, 3.63) is 47.0 Å². The molecule has 1 fully saturated rings. The van der Waals surface area contributed by atoms with Crippen LogP contribution in [0.2, 0.25) is 0 Å². The topological polar surface area (TPSA) is 125 Å². The van der Waals surface area contributed by atoms with Gasteiger partial charge in [-0.05, 0) is 44.7 Å². The molecule has 1 aromatic heterocycles. The van der Waals surface area contributed by atoms with Crippen LogP contribution in [-0.4, -0.2) is 61.3 Å². The third kappa shape index (κ3) is 8.78. The fourth-order valence-corrected chi connectivity index (χ4v) is 3.40. The summed E-state index contributed by atoms with van der Waals surface area (Å²) in [5.74, 6) is -2.68. The van der Waals surface area contributed by atoms with Gasteiger partial charge in [0.1, 0.15) is 17.5 Å². The predicted octanol–water partition coefficient (Wildman–Crippen LogP) is 2.93. The summed E-state index contributed by atoms with van der Waals surface area (Å²) in [4.78, 5) is 22.9. The molecule has 188 valence electrons. The van der Waals surface area contributed by atoms with E-state index in [-0.39, 0.29) is 17.6 Å². The second kappa shape index (κ2) is 11.5. The van der Waals surface area contributed by atoms with Gasteiger partial charge < -0.3 is 15.5 Å². The Kier molecular flexibility index (Phi) is 9.21. The van der Waals surface area contributed by atoms with Gasteiger partial charge >= 0.3 is 0 Å². The van der Waals surface area contributed by atoms with E-state index in [2.05, 4.69) is 20.6 Å². The van der Waals surface area contributed by atoms with Crippen molar-refractivity contribution in [1.29, 1.82) is 0 Å². The van der Waals surface area contributed by atoms with Crippen LogP contribution in [0.4, 0.5) is 24.8 Å². The first kappa shape index (κ1) is 27.3. The minimum Gasteiger partial charge on any atom is -0.367 e. The zero-order valence-electron chi connectivity index (χ0n) is 19.3. The minimum absolute atomic E-state index is 0.110. The number of rotatable bonds is 5. The molecule has 1 aliphatic carbocycles. The number of hydrogen-bond acceptors (Lipinski definition) is 7. The molecule has 0 atom stereocenters. The molecule has 1 aromatic carbocycles. The highest BCUT2D eigenvalue weighted by molar-refractivity contribution is 7.85. The van der Waals surface area contributed by atoms with Gasteiger partial charge in [-0.15, -0.1) is 0 Å². The monoisotopic (exact) mass is 503 g/mol. The van der Waals surface area contributed by atoms with Gasteiger partial charge in [-0.25, -0.2) is 23.1 Å². The zero-order chi connectivity index (χ0) is 25.6. The normalized spacial score (nSPS) is 17.9. The highest BCUT2D eigenvalue weighted by Crippen LogP contribution is 2.23. The van der Waals surface area contributed by atoms with Crippen LogP contribution in [0, 0.1) is 24.4 Å². The molecule has 0 aliphatic heterocycles. The largest absolute Gasteiger partial charge is 0.367 e. The summed E-state index contributed by atoms with van der Waals surface area (Å²) >= 11 is 0. The summed E-state index contributed by atoms with van der Waals surface area (Å²) in [5.41, 5.74) is -0.227. The molecule has 0 unspecified atom stereocenters. The maximum Gasteiger partial charge on any atom is 0.261 e. The van der Waals surface area contributed by atoms with Crippen LogP contribution < -0.4 is 15.5 Å². The molecular weight excluding hydrogens is 475 g/mol. The summed E-state index contributed by atoms with van der Waals surface area (Å²) in [6.07, 6.45) is 3.74. The zero-order valence-corrected chi connectivity index (χ0v) is 20.1. The summed E-state index contributed by atoms with van der Waals surface area (Å²) in [6.45, 7) is 1.84. The van der Waals surface area contributed by atoms with Crippen LogP contribution in [0.25, 0.3) is 0 Å². The predicted molar refractivity (Wildman–Crippen MR) is 122 cm³/mol. The average molecular weight is 504 g/mol. The summed E-state index contributed by atoms with van der Waals surface area (Å²) in [7, 11) is 0.163. The number of aryl methyl sites for hydroxylation is 1. The molecule has 1 saturated carbocycles. The molecule has 0 radical (unpaired) electrons. The standard InChI is InChI=1S/C20H24F3N5O.CH4O3S/c1-11-24-17(10-18(25-11)28(2)3)26-13-4-6-14(7-5-13)27-20(29)12-8-15(21)19(23)16(22)9-12;1-5(2,3)4/h8-10,13-14H,4-7H2,1-3H3,(H,27,29)(H,24,25,26);1H3,(H,2,3,4). The fourth-order valence-electron chi connectivity index (χ4n) is 3.40. The van der Waals surface area contributed by atoms with Crippen molar-refractivity contribution in [2.75, 3.05) is 30.6 Å². The lowest BCUT2D eigenvalue weighted by molar-refractivity contribution is 0.0925. The maximum absolute atomic E-state index is 13.3. The van der Waals surface area contributed by atoms with Crippen molar-refractivity contribution >= 4 is 27.7 Å². The van der Waals surface area contributed by atoms with Crippen LogP contribution in [0.1, 0.15) is 41.9 Å². The van der Waals surface area contributed by atoms with Gasteiger partial charge in [-0.2, -0.15) is 8.42 Å². The Morgan fingerprint density at radius 2 is 1.53 bits per heavy atom. The molecule has 0 bridgehead atoms. The number of halogens is 3. The van der Waals surface area contributed by atoms with Gasteiger partial charge in [-0.3, -0.25) is 9.35 Å². The molecule has 1 amide bonds. The third-order valence-electron chi connectivity index (χ3n) is 4.94. The quantitative estimate of drug-likeness (QED) is 0.420. The fraction of sp³-hybridized carbons (Fsp3) is 0.476. The Labute approximate surface area is 196 Å². The van der Waals surface area contributed by atoms with E-state index < -0.39 is 33.5 Å². The minimum atomic E-state index is -3.67. The third-order valence-corrected chi connectivity index (χ3v) is 4.94. The van der Waals surface area contributed by atoms with E-state index in [1.54, 1.807) is 0 Å². The number of hydrogen-bond donors (Lipinski definition) is 3. The van der Waals surface area contributed by atoms with E-state index in [0.29, 0.717) is 37.1 Å².